The predicted octanol–water partition coefficient (Wildman–Crippen LogP) is 4.36. The van der Waals surface area contributed by atoms with Gasteiger partial charge in [-0.2, -0.15) is 0 Å². The number of nitrogens with zero attached hydrogens (tertiary/aromatic N) is 5. The summed E-state index contributed by atoms with van der Waals surface area (Å²) < 4.78 is 7.08. The number of hydrogen-bond donors (Lipinski definition) is 0. The van der Waals surface area contributed by atoms with E-state index >= 15 is 0 Å². The maximum atomic E-state index is 13.3. The van der Waals surface area contributed by atoms with Crippen molar-refractivity contribution in [3.05, 3.63) is 88.3 Å². The van der Waals surface area contributed by atoms with E-state index in [2.05, 4.69) is 9.88 Å². The molecule has 0 saturated carbocycles. The van der Waals surface area contributed by atoms with Crippen LogP contribution >= 0.6 is 0 Å². The second kappa shape index (κ2) is 10.7. The molecule has 1 aromatic carbocycles. The van der Waals surface area contributed by atoms with Gasteiger partial charge in [0.15, 0.2) is 0 Å². The lowest BCUT2D eigenvalue weighted by atomic mass is 9.90. The molecule has 9 nitrogen and oxygen atoms in total. The van der Waals surface area contributed by atoms with Gasteiger partial charge in [0.25, 0.3) is 5.56 Å². The van der Waals surface area contributed by atoms with E-state index in [-0.39, 0.29) is 17.4 Å². The van der Waals surface area contributed by atoms with Crippen molar-refractivity contribution in [3.63, 3.8) is 0 Å². The number of amides is 2. The van der Waals surface area contributed by atoms with E-state index in [9.17, 15) is 14.4 Å². The molecule has 3 aromatic heterocycles. The zero-order valence-electron chi connectivity index (χ0n) is 23.7. The summed E-state index contributed by atoms with van der Waals surface area (Å²) in [6.45, 7) is 10.2. The number of hydrogen-bond acceptors (Lipinski definition) is 6. The van der Waals surface area contributed by atoms with Crippen LogP contribution in [0.2, 0.25) is 0 Å². The molecule has 0 radical (unpaired) electrons. The molecule has 2 amide bonds. The van der Waals surface area contributed by atoms with E-state index in [1.165, 1.54) is 6.26 Å². The zero-order valence-corrected chi connectivity index (χ0v) is 23.7. The highest BCUT2D eigenvalue weighted by atomic mass is 16.3. The first-order chi connectivity index (χ1) is 19.1. The molecule has 0 aliphatic carbocycles. The highest BCUT2D eigenvalue weighted by Gasteiger charge is 2.45. The smallest absolute Gasteiger partial charge is 0.261 e. The molecule has 0 saturated heterocycles. The molecular formula is C31H35N5O4. The van der Waals surface area contributed by atoms with Crippen LogP contribution in [0.4, 0.5) is 11.4 Å². The van der Waals surface area contributed by atoms with Gasteiger partial charge in [-0.15, -0.1) is 0 Å². The number of benzene rings is 1. The van der Waals surface area contributed by atoms with E-state index in [1.54, 1.807) is 53.7 Å². The van der Waals surface area contributed by atoms with Gasteiger partial charge in [-0.3, -0.25) is 24.3 Å². The van der Waals surface area contributed by atoms with Crippen molar-refractivity contribution in [3.8, 4) is 0 Å². The number of anilines is 2. The molecule has 9 heteroatoms. The van der Waals surface area contributed by atoms with Crippen molar-refractivity contribution in [2.45, 2.75) is 47.3 Å². The van der Waals surface area contributed by atoms with Crippen LogP contribution in [-0.2, 0) is 29.2 Å². The summed E-state index contributed by atoms with van der Waals surface area (Å²) in [7, 11) is 1.73. The number of fused-ring (bicyclic) bond motifs is 2. The first-order valence-corrected chi connectivity index (χ1v) is 13.5. The van der Waals surface area contributed by atoms with Gasteiger partial charge in [-0.05, 0) is 74.7 Å². The van der Waals surface area contributed by atoms with Gasteiger partial charge in [-0.1, -0.05) is 6.07 Å². The lowest BCUT2D eigenvalue weighted by Gasteiger charge is -2.27. The Morgan fingerprint density at radius 3 is 2.55 bits per heavy atom. The molecule has 1 aliphatic heterocycles. The largest absolute Gasteiger partial charge is 0.464 e. The molecule has 0 atom stereocenters. The van der Waals surface area contributed by atoms with Crippen LogP contribution in [0.25, 0.3) is 11.0 Å². The van der Waals surface area contributed by atoms with Crippen LogP contribution in [0, 0.1) is 12.3 Å². The second-order valence-electron chi connectivity index (χ2n) is 10.9. The first-order valence-electron chi connectivity index (χ1n) is 13.5. The summed E-state index contributed by atoms with van der Waals surface area (Å²) in [5.74, 6) is -0.432. The molecule has 4 aromatic rings. The molecule has 0 N–H and O–H groups in total. The van der Waals surface area contributed by atoms with E-state index in [4.69, 9.17) is 4.42 Å². The quantitative estimate of drug-likeness (QED) is 0.308. The van der Waals surface area contributed by atoms with E-state index in [0.717, 1.165) is 22.4 Å². The number of carbonyl (C=O) groups is 2. The highest BCUT2D eigenvalue weighted by Crippen LogP contribution is 2.39. The van der Waals surface area contributed by atoms with Crippen molar-refractivity contribution < 1.29 is 14.0 Å². The number of furan rings is 1. The van der Waals surface area contributed by atoms with Gasteiger partial charge in [0.1, 0.15) is 11.0 Å². The average molecular weight is 542 g/mol. The lowest BCUT2D eigenvalue weighted by Crippen LogP contribution is -2.47. The van der Waals surface area contributed by atoms with E-state index in [1.807, 2.05) is 50.4 Å². The Labute approximate surface area is 233 Å². The highest BCUT2D eigenvalue weighted by molar-refractivity contribution is 6.19. The van der Waals surface area contributed by atoms with Gasteiger partial charge in [0.05, 0.1) is 23.0 Å². The number of aryl methyl sites for hydroxylation is 1. The van der Waals surface area contributed by atoms with Crippen LogP contribution in [-0.4, -0.2) is 46.4 Å². The monoisotopic (exact) mass is 541 g/mol. The fraction of sp³-hybridized carbons (Fsp3) is 0.355. The molecular weight excluding hydrogens is 506 g/mol. The topological polar surface area (TPSA) is 91.9 Å². The Kier molecular flexibility index (Phi) is 7.33. The zero-order chi connectivity index (χ0) is 28.6. The Hall–Kier alpha value is -4.24. The minimum absolute atomic E-state index is 0.0802. The first kappa shape index (κ1) is 27.3. The number of rotatable bonds is 8. The van der Waals surface area contributed by atoms with Gasteiger partial charge in [0.2, 0.25) is 11.8 Å². The number of aromatic nitrogens is 2. The van der Waals surface area contributed by atoms with Crippen LogP contribution in [0.3, 0.4) is 0 Å². The Bertz CT molecular complexity index is 1640. The molecule has 0 spiro atoms. The standard InChI is InChI=1S/C31H35N5O4/c1-6-36-25-8-7-22(17-26(25)33(5)29(38)31(3,4)30(36)39)19-34(20-23-9-12-32-18-21(23)2)14-15-35-13-10-27-24(28(35)37)11-16-40-27/h7-13,16-18H,6,14-15,19-20H2,1-5H3. The minimum atomic E-state index is -1.15. The fourth-order valence-electron chi connectivity index (χ4n) is 5.37. The lowest BCUT2D eigenvalue weighted by molar-refractivity contribution is -0.137. The van der Waals surface area contributed by atoms with Gasteiger partial charge >= 0.3 is 0 Å². The van der Waals surface area contributed by atoms with Crippen molar-refractivity contribution in [2.24, 2.45) is 5.41 Å². The van der Waals surface area contributed by atoms with Crippen LogP contribution < -0.4 is 15.4 Å². The third-order valence-electron chi connectivity index (χ3n) is 7.81. The van der Waals surface area contributed by atoms with Crippen molar-refractivity contribution in [2.75, 3.05) is 29.9 Å². The van der Waals surface area contributed by atoms with Gasteiger partial charge in [-0.25, -0.2) is 0 Å². The fourth-order valence-corrected chi connectivity index (χ4v) is 5.37. The maximum absolute atomic E-state index is 13.3. The minimum Gasteiger partial charge on any atom is -0.464 e. The normalized spacial score (nSPS) is 15.2. The Morgan fingerprint density at radius 2 is 1.80 bits per heavy atom. The van der Waals surface area contributed by atoms with Crippen LogP contribution in [0.1, 0.15) is 37.5 Å². The SMILES string of the molecule is CCN1C(=O)C(C)(C)C(=O)N(C)c2cc(CN(CCn3ccc4occc4c3=O)Cc3ccncc3C)ccc21. The maximum Gasteiger partial charge on any atom is 0.261 e. The van der Waals surface area contributed by atoms with Crippen LogP contribution in [0.5, 0.6) is 0 Å². The Balaban J connectivity index is 1.46. The van der Waals surface area contributed by atoms with Gasteiger partial charge < -0.3 is 18.8 Å². The molecule has 208 valence electrons. The molecule has 0 fully saturated rings. The van der Waals surface area contributed by atoms with Gasteiger partial charge in [0, 0.05) is 58.4 Å². The molecule has 0 bridgehead atoms. The molecule has 1 aliphatic rings. The number of pyridine rings is 2. The van der Waals surface area contributed by atoms with Crippen molar-refractivity contribution in [1.29, 1.82) is 0 Å². The molecule has 40 heavy (non-hydrogen) atoms. The third-order valence-corrected chi connectivity index (χ3v) is 7.81. The van der Waals surface area contributed by atoms with Crippen molar-refractivity contribution in [1.82, 2.24) is 14.5 Å². The van der Waals surface area contributed by atoms with E-state index < -0.39 is 5.41 Å². The second-order valence-corrected chi connectivity index (χ2v) is 10.9. The summed E-state index contributed by atoms with van der Waals surface area (Å²) >= 11 is 0. The summed E-state index contributed by atoms with van der Waals surface area (Å²) in [4.78, 5) is 49.3. The van der Waals surface area contributed by atoms with Crippen molar-refractivity contribution >= 4 is 34.2 Å². The molecule has 0 unspecified atom stereocenters. The molecule has 5 rings (SSSR count). The predicted molar refractivity (Wildman–Crippen MR) is 155 cm³/mol. The van der Waals surface area contributed by atoms with Crippen LogP contribution in [0.15, 0.2) is 70.5 Å². The number of carbonyl (C=O) groups excluding carboxylic acids is 2. The third kappa shape index (κ3) is 4.93. The van der Waals surface area contributed by atoms with E-state index in [0.29, 0.717) is 49.4 Å². The summed E-state index contributed by atoms with van der Waals surface area (Å²) in [6.07, 6.45) is 6.94. The average Bonchev–Trinajstić information content (AvgIpc) is 3.42. The molecule has 4 heterocycles. The summed E-state index contributed by atoms with van der Waals surface area (Å²) in [6, 6.07) is 11.5. The summed E-state index contributed by atoms with van der Waals surface area (Å²) in [5, 5.41) is 0.565. The Morgan fingerprint density at radius 1 is 1.00 bits per heavy atom. The summed E-state index contributed by atoms with van der Waals surface area (Å²) in [5.41, 5.74) is 4.04.